The van der Waals surface area contributed by atoms with Gasteiger partial charge in [0.15, 0.2) is 5.82 Å². The highest BCUT2D eigenvalue weighted by Gasteiger charge is 2.27. The normalized spacial score (nSPS) is 14.5. The van der Waals surface area contributed by atoms with Gasteiger partial charge in [0.05, 0.1) is 17.7 Å². The van der Waals surface area contributed by atoms with Crippen LogP contribution in [0.15, 0.2) is 49.2 Å². The maximum atomic E-state index is 4.37. The van der Waals surface area contributed by atoms with E-state index in [1.165, 1.54) is 5.69 Å². The van der Waals surface area contributed by atoms with Gasteiger partial charge in [-0.1, -0.05) is 0 Å². The summed E-state index contributed by atoms with van der Waals surface area (Å²) < 4.78 is 2.04. The van der Waals surface area contributed by atoms with Gasteiger partial charge in [-0.3, -0.25) is 4.98 Å². The van der Waals surface area contributed by atoms with E-state index in [0.29, 0.717) is 5.92 Å². The third-order valence-electron chi connectivity index (χ3n) is 4.56. The van der Waals surface area contributed by atoms with Crippen molar-refractivity contribution >= 4 is 5.82 Å². The molecule has 0 bridgehead atoms. The molecule has 1 fully saturated rings. The van der Waals surface area contributed by atoms with Crippen LogP contribution in [-0.2, 0) is 13.6 Å². The summed E-state index contributed by atoms with van der Waals surface area (Å²) in [4.78, 5) is 10.4. The van der Waals surface area contributed by atoms with Crippen molar-refractivity contribution in [3.8, 4) is 11.3 Å². The summed E-state index contributed by atoms with van der Waals surface area (Å²) >= 11 is 0. The Morgan fingerprint density at radius 3 is 2.60 bits per heavy atom. The molecular formula is C18H21N7. The fourth-order valence-corrected chi connectivity index (χ4v) is 3.02. The van der Waals surface area contributed by atoms with Gasteiger partial charge in [0.25, 0.3) is 0 Å². The minimum Gasteiger partial charge on any atom is -0.354 e. The molecule has 128 valence electrons. The van der Waals surface area contributed by atoms with E-state index in [2.05, 4.69) is 30.4 Å². The number of aryl methyl sites for hydroxylation is 1. The molecule has 0 radical (unpaired) electrons. The molecule has 1 aliphatic heterocycles. The Kier molecular flexibility index (Phi) is 4.39. The van der Waals surface area contributed by atoms with Crippen molar-refractivity contribution in [3.05, 3.63) is 54.9 Å². The molecule has 25 heavy (non-hydrogen) atoms. The Morgan fingerprint density at radius 2 is 1.92 bits per heavy atom. The summed E-state index contributed by atoms with van der Waals surface area (Å²) in [6.07, 6.45) is 7.27. The maximum absolute atomic E-state index is 4.37. The van der Waals surface area contributed by atoms with E-state index in [4.69, 9.17) is 0 Å². The van der Waals surface area contributed by atoms with Gasteiger partial charge in [0.2, 0.25) is 0 Å². The molecule has 4 heterocycles. The highest BCUT2D eigenvalue weighted by Crippen LogP contribution is 2.23. The second-order valence-electron chi connectivity index (χ2n) is 6.41. The Bertz CT molecular complexity index is 807. The molecule has 0 aromatic carbocycles. The quantitative estimate of drug-likeness (QED) is 0.736. The van der Waals surface area contributed by atoms with E-state index in [1.807, 2.05) is 48.4 Å². The van der Waals surface area contributed by atoms with Crippen LogP contribution in [0.4, 0.5) is 5.82 Å². The summed E-state index contributed by atoms with van der Waals surface area (Å²) in [5.41, 5.74) is 3.12. The lowest BCUT2D eigenvalue weighted by Gasteiger charge is -2.40. The summed E-state index contributed by atoms with van der Waals surface area (Å²) in [7, 11) is 2.02. The molecule has 3 aromatic heterocycles. The average molecular weight is 335 g/mol. The molecule has 0 saturated carbocycles. The van der Waals surface area contributed by atoms with E-state index in [-0.39, 0.29) is 0 Å². The highest BCUT2D eigenvalue weighted by molar-refractivity contribution is 5.59. The fraction of sp³-hybridized carbons (Fsp3) is 0.333. The van der Waals surface area contributed by atoms with Crippen molar-refractivity contribution in [3.63, 3.8) is 0 Å². The van der Waals surface area contributed by atoms with Gasteiger partial charge in [-0.2, -0.15) is 0 Å². The fourth-order valence-electron chi connectivity index (χ4n) is 3.02. The van der Waals surface area contributed by atoms with Gasteiger partial charge in [-0.05, 0) is 24.3 Å². The number of nitrogens with zero attached hydrogens (tertiary/aromatic N) is 6. The highest BCUT2D eigenvalue weighted by atomic mass is 15.3. The van der Waals surface area contributed by atoms with E-state index in [1.54, 1.807) is 12.4 Å². The van der Waals surface area contributed by atoms with Crippen LogP contribution in [0, 0.1) is 5.92 Å². The van der Waals surface area contributed by atoms with Crippen LogP contribution in [0.3, 0.4) is 0 Å². The Hall–Kier alpha value is -2.80. The topological polar surface area (TPSA) is 71.8 Å². The second kappa shape index (κ2) is 6.98. The number of hydrogen-bond acceptors (Lipinski definition) is 6. The number of anilines is 1. The van der Waals surface area contributed by atoms with Gasteiger partial charge in [-0.25, -0.2) is 4.98 Å². The monoisotopic (exact) mass is 335 g/mol. The largest absolute Gasteiger partial charge is 0.354 e. The first-order valence-electron chi connectivity index (χ1n) is 8.44. The van der Waals surface area contributed by atoms with Crippen LogP contribution < -0.4 is 10.2 Å². The molecule has 1 N–H and O–H groups in total. The van der Waals surface area contributed by atoms with Crippen molar-refractivity contribution in [2.45, 2.75) is 6.54 Å². The Morgan fingerprint density at radius 1 is 1.08 bits per heavy atom. The van der Waals surface area contributed by atoms with Gasteiger partial charge in [0, 0.05) is 63.3 Å². The van der Waals surface area contributed by atoms with E-state index in [9.17, 15) is 0 Å². The van der Waals surface area contributed by atoms with Gasteiger partial charge in [-0.15, -0.1) is 10.2 Å². The van der Waals surface area contributed by atoms with Crippen molar-refractivity contribution in [2.24, 2.45) is 13.0 Å². The molecule has 1 saturated heterocycles. The number of imidazole rings is 1. The molecule has 1 aliphatic rings. The molecule has 7 heteroatoms. The molecule has 0 unspecified atom stereocenters. The molecule has 3 aromatic rings. The number of pyridine rings is 1. The van der Waals surface area contributed by atoms with Crippen LogP contribution in [0.2, 0.25) is 0 Å². The molecule has 0 amide bonds. The lowest BCUT2D eigenvalue weighted by molar-refractivity contribution is 0.380. The number of hydrogen-bond donors (Lipinski definition) is 1. The minimum absolute atomic E-state index is 0.648. The third kappa shape index (κ3) is 3.51. The van der Waals surface area contributed by atoms with Gasteiger partial charge in [0.1, 0.15) is 0 Å². The number of aromatic nitrogens is 5. The van der Waals surface area contributed by atoms with E-state index in [0.717, 1.165) is 43.3 Å². The first-order valence-corrected chi connectivity index (χ1v) is 8.44. The molecular weight excluding hydrogens is 314 g/mol. The molecule has 0 spiro atoms. The zero-order valence-electron chi connectivity index (χ0n) is 14.2. The van der Waals surface area contributed by atoms with Gasteiger partial charge >= 0.3 is 0 Å². The smallest absolute Gasteiger partial charge is 0.151 e. The Balaban J connectivity index is 1.25. The lowest BCUT2D eigenvalue weighted by atomic mass is 10.0. The van der Waals surface area contributed by atoms with Crippen molar-refractivity contribution in [1.82, 2.24) is 30.0 Å². The second-order valence-corrected chi connectivity index (χ2v) is 6.41. The van der Waals surface area contributed by atoms with E-state index >= 15 is 0 Å². The SMILES string of the molecule is Cn1cncc1CNCC1CN(c2ccc(-c3ccncc3)nn2)C1. The van der Waals surface area contributed by atoms with Crippen LogP contribution >= 0.6 is 0 Å². The summed E-state index contributed by atoms with van der Waals surface area (Å²) in [5, 5.41) is 12.2. The average Bonchev–Trinajstić information content (AvgIpc) is 3.03. The first-order chi connectivity index (χ1) is 12.3. The van der Waals surface area contributed by atoms with Crippen molar-refractivity contribution in [1.29, 1.82) is 0 Å². The minimum atomic E-state index is 0.648. The lowest BCUT2D eigenvalue weighted by Crippen LogP contribution is -2.51. The number of rotatable bonds is 6. The van der Waals surface area contributed by atoms with E-state index < -0.39 is 0 Å². The number of nitrogens with one attached hydrogen (secondary N) is 1. The van der Waals surface area contributed by atoms with Gasteiger partial charge < -0.3 is 14.8 Å². The van der Waals surface area contributed by atoms with Crippen molar-refractivity contribution < 1.29 is 0 Å². The van der Waals surface area contributed by atoms with Crippen molar-refractivity contribution in [2.75, 3.05) is 24.5 Å². The first kappa shape index (κ1) is 15.7. The van der Waals surface area contributed by atoms with Crippen LogP contribution in [0.1, 0.15) is 5.69 Å². The Labute approximate surface area is 146 Å². The zero-order valence-corrected chi connectivity index (χ0v) is 14.2. The summed E-state index contributed by atoms with van der Waals surface area (Å²) in [5.74, 6) is 1.59. The summed E-state index contributed by atoms with van der Waals surface area (Å²) in [6, 6.07) is 7.95. The van der Waals surface area contributed by atoms with Crippen LogP contribution in [0.25, 0.3) is 11.3 Å². The molecule has 0 aliphatic carbocycles. The van der Waals surface area contributed by atoms with Crippen LogP contribution in [0.5, 0.6) is 0 Å². The standard InChI is InChI=1S/C18H21N7/c1-24-13-21-10-16(24)9-20-8-14-11-25(12-14)18-3-2-17(22-23-18)15-4-6-19-7-5-15/h2-7,10,13-14,20H,8-9,11-12H2,1H3. The summed E-state index contributed by atoms with van der Waals surface area (Å²) in [6.45, 7) is 3.89. The predicted octanol–water partition coefficient (Wildman–Crippen LogP) is 1.50. The maximum Gasteiger partial charge on any atom is 0.151 e. The molecule has 7 nitrogen and oxygen atoms in total. The molecule has 4 rings (SSSR count). The predicted molar refractivity (Wildman–Crippen MR) is 95.9 cm³/mol. The third-order valence-corrected chi connectivity index (χ3v) is 4.56. The molecule has 0 atom stereocenters. The zero-order chi connectivity index (χ0) is 17.1. The van der Waals surface area contributed by atoms with Crippen LogP contribution in [-0.4, -0.2) is 44.4 Å².